The van der Waals surface area contributed by atoms with Crippen molar-refractivity contribution in [3.63, 3.8) is 0 Å². The molecule has 5 nitrogen and oxygen atoms in total. The molecule has 3 aromatic carbocycles. The zero-order valence-corrected chi connectivity index (χ0v) is 16.3. The third kappa shape index (κ3) is 2.82. The first kappa shape index (κ1) is 17.2. The molecule has 6 rings (SSSR count). The fraction of sp³-hybridized carbons (Fsp3) is 0.160. The Bertz CT molecular complexity index is 1260. The topological polar surface area (TPSA) is 54.6 Å². The van der Waals surface area contributed by atoms with Gasteiger partial charge in [-0.15, -0.1) is 0 Å². The third-order valence-electron chi connectivity index (χ3n) is 5.77. The molecule has 4 aromatic rings. The van der Waals surface area contributed by atoms with Gasteiger partial charge in [0.05, 0.1) is 5.69 Å². The van der Waals surface area contributed by atoms with E-state index in [9.17, 15) is 4.79 Å². The van der Waals surface area contributed by atoms with Crippen molar-refractivity contribution in [2.45, 2.75) is 12.8 Å². The Labute approximate surface area is 173 Å². The summed E-state index contributed by atoms with van der Waals surface area (Å²) in [5.74, 6) is 1.61. The normalized spacial score (nSPS) is 14.8. The average molecular weight is 396 g/mol. The van der Waals surface area contributed by atoms with Crippen LogP contribution in [-0.2, 0) is 4.79 Å². The van der Waals surface area contributed by atoms with Gasteiger partial charge in [0.1, 0.15) is 0 Å². The molecule has 148 valence electrons. The van der Waals surface area contributed by atoms with Crippen LogP contribution in [-0.4, -0.2) is 17.7 Å². The molecule has 1 amide bonds. The van der Waals surface area contributed by atoms with E-state index in [1.807, 2.05) is 59.6 Å². The van der Waals surface area contributed by atoms with Crippen LogP contribution in [0.4, 0.5) is 11.4 Å². The van der Waals surface area contributed by atoms with E-state index in [2.05, 4.69) is 23.2 Å². The minimum absolute atomic E-state index is 0.0888. The second kappa shape index (κ2) is 6.66. The monoisotopic (exact) mass is 396 g/mol. The Morgan fingerprint density at radius 3 is 2.50 bits per heavy atom. The maximum atomic E-state index is 13.3. The van der Waals surface area contributed by atoms with Gasteiger partial charge in [0.25, 0.3) is 0 Å². The minimum atomic E-state index is 0.0888. The molecule has 1 saturated carbocycles. The highest BCUT2D eigenvalue weighted by Crippen LogP contribution is 2.42. The molecular formula is C25H20N2O3. The highest BCUT2D eigenvalue weighted by molar-refractivity contribution is 6.06. The van der Waals surface area contributed by atoms with Crippen molar-refractivity contribution in [1.82, 2.24) is 4.98 Å². The van der Waals surface area contributed by atoms with Crippen molar-refractivity contribution in [3.8, 4) is 22.6 Å². The van der Waals surface area contributed by atoms with Gasteiger partial charge in [-0.05, 0) is 48.7 Å². The van der Waals surface area contributed by atoms with Gasteiger partial charge in [-0.2, -0.15) is 0 Å². The van der Waals surface area contributed by atoms with Crippen molar-refractivity contribution in [2.75, 3.05) is 11.7 Å². The molecular weight excluding hydrogens is 376 g/mol. The summed E-state index contributed by atoms with van der Waals surface area (Å²) in [6.45, 7) is 0.213. The summed E-state index contributed by atoms with van der Waals surface area (Å²) in [5, 5.41) is 1.09. The number of aromatic nitrogens is 1. The number of nitrogens with one attached hydrogen (secondary N) is 1. The van der Waals surface area contributed by atoms with Gasteiger partial charge in [-0.1, -0.05) is 30.3 Å². The molecule has 2 heterocycles. The lowest BCUT2D eigenvalue weighted by molar-refractivity contribution is -0.119. The molecule has 30 heavy (non-hydrogen) atoms. The molecule has 0 atom stereocenters. The number of hydrogen-bond donors (Lipinski definition) is 1. The van der Waals surface area contributed by atoms with Gasteiger partial charge >= 0.3 is 0 Å². The van der Waals surface area contributed by atoms with E-state index in [1.54, 1.807) is 0 Å². The lowest BCUT2D eigenvalue weighted by atomic mass is 10.0. The molecule has 0 unspecified atom stereocenters. The number of ether oxygens (including phenoxy) is 2. The number of benzene rings is 3. The predicted octanol–water partition coefficient (Wildman–Crippen LogP) is 5.64. The standard InChI is InChI=1S/C25H20N2O3/c28-25(17-6-7-17)27(19-9-11-23-24(13-19)30-15-29-23)18-8-10-22-20(12-18)21(14-26-22)16-4-2-1-3-5-16/h1-5,8-14,17,26H,6-7,15H2. The van der Waals surface area contributed by atoms with Crippen molar-refractivity contribution in [3.05, 3.63) is 72.9 Å². The van der Waals surface area contributed by atoms with E-state index in [4.69, 9.17) is 9.47 Å². The van der Waals surface area contributed by atoms with Crippen molar-refractivity contribution in [2.24, 2.45) is 5.92 Å². The fourth-order valence-electron chi connectivity index (χ4n) is 4.04. The number of carbonyl (C=O) groups excluding carboxylic acids is 1. The molecule has 1 N–H and O–H groups in total. The third-order valence-corrected chi connectivity index (χ3v) is 5.77. The highest BCUT2D eigenvalue weighted by atomic mass is 16.7. The average Bonchev–Trinajstić information content (AvgIpc) is 3.39. The predicted molar refractivity (Wildman–Crippen MR) is 116 cm³/mol. The maximum Gasteiger partial charge on any atom is 0.234 e. The van der Waals surface area contributed by atoms with Gasteiger partial charge in [0, 0.05) is 40.3 Å². The largest absolute Gasteiger partial charge is 0.454 e. The van der Waals surface area contributed by atoms with Gasteiger partial charge in [0.2, 0.25) is 12.7 Å². The molecule has 1 aromatic heterocycles. The second-order valence-corrected chi connectivity index (χ2v) is 7.78. The number of aromatic amines is 1. The number of hydrogen-bond acceptors (Lipinski definition) is 3. The first-order valence-electron chi connectivity index (χ1n) is 10.2. The van der Waals surface area contributed by atoms with Crippen LogP contribution in [0.3, 0.4) is 0 Å². The zero-order valence-electron chi connectivity index (χ0n) is 16.3. The van der Waals surface area contributed by atoms with Crippen LogP contribution in [0.25, 0.3) is 22.0 Å². The molecule has 5 heteroatoms. The quantitative estimate of drug-likeness (QED) is 0.486. The molecule has 0 bridgehead atoms. The van der Waals surface area contributed by atoms with Gasteiger partial charge < -0.3 is 14.5 Å². The smallest absolute Gasteiger partial charge is 0.234 e. The summed E-state index contributed by atoms with van der Waals surface area (Å²) < 4.78 is 11.0. The number of rotatable bonds is 4. The number of carbonyl (C=O) groups is 1. The Morgan fingerprint density at radius 2 is 1.67 bits per heavy atom. The fourth-order valence-corrected chi connectivity index (χ4v) is 4.04. The van der Waals surface area contributed by atoms with E-state index in [0.29, 0.717) is 11.5 Å². The van der Waals surface area contributed by atoms with E-state index in [1.165, 1.54) is 0 Å². The van der Waals surface area contributed by atoms with Gasteiger partial charge in [-0.3, -0.25) is 9.69 Å². The molecule has 1 fully saturated rings. The first-order valence-corrected chi connectivity index (χ1v) is 10.2. The summed E-state index contributed by atoms with van der Waals surface area (Å²) in [6, 6.07) is 22.1. The Morgan fingerprint density at radius 1 is 0.900 bits per heavy atom. The van der Waals surface area contributed by atoms with Crippen LogP contribution >= 0.6 is 0 Å². The van der Waals surface area contributed by atoms with Crippen LogP contribution in [0.1, 0.15) is 12.8 Å². The second-order valence-electron chi connectivity index (χ2n) is 7.78. The number of nitrogens with zero attached hydrogens (tertiary/aromatic N) is 1. The van der Waals surface area contributed by atoms with E-state index < -0.39 is 0 Å². The van der Waals surface area contributed by atoms with E-state index in [0.717, 1.165) is 46.2 Å². The Kier molecular flexibility index (Phi) is 3.81. The van der Waals surface area contributed by atoms with Crippen LogP contribution in [0.5, 0.6) is 11.5 Å². The molecule has 1 aliphatic carbocycles. The minimum Gasteiger partial charge on any atom is -0.454 e. The Hall–Kier alpha value is -3.73. The summed E-state index contributed by atoms with van der Waals surface area (Å²) in [6.07, 6.45) is 3.92. The molecule has 0 saturated heterocycles. The van der Waals surface area contributed by atoms with Crippen molar-refractivity contribution >= 4 is 28.2 Å². The van der Waals surface area contributed by atoms with Crippen LogP contribution in [0.15, 0.2) is 72.9 Å². The van der Waals surface area contributed by atoms with Crippen molar-refractivity contribution in [1.29, 1.82) is 0 Å². The molecule has 2 aliphatic rings. The first-order chi connectivity index (χ1) is 14.8. The number of fused-ring (bicyclic) bond motifs is 2. The zero-order chi connectivity index (χ0) is 20.1. The summed E-state index contributed by atoms with van der Waals surface area (Å²) in [4.78, 5) is 18.5. The van der Waals surface area contributed by atoms with E-state index >= 15 is 0 Å². The number of amides is 1. The molecule has 0 spiro atoms. The summed E-state index contributed by atoms with van der Waals surface area (Å²) in [5.41, 5.74) is 4.96. The summed E-state index contributed by atoms with van der Waals surface area (Å²) in [7, 11) is 0. The number of H-pyrrole nitrogens is 1. The Balaban J connectivity index is 1.49. The molecule has 0 radical (unpaired) electrons. The van der Waals surface area contributed by atoms with Crippen LogP contribution in [0.2, 0.25) is 0 Å². The highest BCUT2D eigenvalue weighted by Gasteiger charge is 2.35. The lowest BCUT2D eigenvalue weighted by Gasteiger charge is -2.23. The maximum absolute atomic E-state index is 13.3. The lowest BCUT2D eigenvalue weighted by Crippen LogP contribution is -2.27. The van der Waals surface area contributed by atoms with Crippen LogP contribution < -0.4 is 14.4 Å². The van der Waals surface area contributed by atoms with Crippen molar-refractivity contribution < 1.29 is 14.3 Å². The summed E-state index contributed by atoms with van der Waals surface area (Å²) >= 11 is 0. The van der Waals surface area contributed by atoms with Gasteiger partial charge in [-0.25, -0.2) is 0 Å². The SMILES string of the molecule is O=C(C1CC1)N(c1ccc2c(c1)OCO2)c1ccc2[nH]cc(-c3ccccc3)c2c1. The molecule has 1 aliphatic heterocycles. The van der Waals surface area contributed by atoms with Gasteiger partial charge in [0.15, 0.2) is 11.5 Å². The number of anilines is 2. The van der Waals surface area contributed by atoms with E-state index in [-0.39, 0.29) is 18.6 Å². The van der Waals surface area contributed by atoms with Crippen LogP contribution in [0, 0.1) is 5.92 Å².